The zero-order chi connectivity index (χ0) is 18.3. The molecule has 3 aliphatic heterocycles. The SMILES string of the molecule is Cc1[nH]cnc1CN1C[C@@H]2CC[C@H](C1)N(C(=O)c1c[nH]c(=O)c(Cl)c1)C2. The Kier molecular flexibility index (Phi) is 4.58. The van der Waals surface area contributed by atoms with Crippen LogP contribution in [0.25, 0.3) is 0 Å². The van der Waals surface area contributed by atoms with Crippen molar-refractivity contribution in [2.45, 2.75) is 32.4 Å². The number of pyridine rings is 1. The number of aryl methyl sites for hydroxylation is 1. The number of hydrogen-bond donors (Lipinski definition) is 2. The number of amides is 1. The second-order valence-electron chi connectivity index (χ2n) is 7.29. The van der Waals surface area contributed by atoms with Crippen molar-refractivity contribution in [2.24, 2.45) is 5.92 Å². The van der Waals surface area contributed by atoms with Gasteiger partial charge in [0.2, 0.25) is 0 Å². The number of piperidine rings is 1. The van der Waals surface area contributed by atoms with Gasteiger partial charge >= 0.3 is 0 Å². The van der Waals surface area contributed by atoms with Gasteiger partial charge in [-0.1, -0.05) is 11.6 Å². The number of hydrogen-bond acceptors (Lipinski definition) is 4. The zero-order valence-electron chi connectivity index (χ0n) is 14.7. The van der Waals surface area contributed by atoms with Gasteiger partial charge in [0.1, 0.15) is 5.02 Å². The van der Waals surface area contributed by atoms with Crippen LogP contribution in [0, 0.1) is 12.8 Å². The van der Waals surface area contributed by atoms with E-state index in [0.29, 0.717) is 11.5 Å². The van der Waals surface area contributed by atoms with Gasteiger partial charge in [-0.15, -0.1) is 0 Å². The molecule has 138 valence electrons. The average Bonchev–Trinajstić information content (AvgIpc) is 2.83. The third-order valence-corrected chi connectivity index (χ3v) is 5.74. The number of aromatic amines is 2. The molecule has 0 unspecified atom stereocenters. The van der Waals surface area contributed by atoms with Crippen LogP contribution in [-0.2, 0) is 6.54 Å². The fourth-order valence-electron chi connectivity index (χ4n) is 4.06. The predicted molar refractivity (Wildman–Crippen MR) is 98.2 cm³/mol. The van der Waals surface area contributed by atoms with Crippen molar-refractivity contribution in [3.8, 4) is 0 Å². The summed E-state index contributed by atoms with van der Waals surface area (Å²) in [6.07, 6.45) is 5.33. The molecule has 3 aliphatic rings. The van der Waals surface area contributed by atoms with Crippen LogP contribution in [0.5, 0.6) is 0 Å². The van der Waals surface area contributed by atoms with Gasteiger partial charge < -0.3 is 14.9 Å². The molecule has 5 heterocycles. The number of nitrogens with one attached hydrogen (secondary N) is 2. The number of halogens is 1. The molecule has 2 aromatic heterocycles. The highest BCUT2D eigenvalue weighted by atomic mass is 35.5. The minimum absolute atomic E-state index is 0.0477. The van der Waals surface area contributed by atoms with Crippen molar-refractivity contribution in [1.82, 2.24) is 24.8 Å². The number of H-pyrrole nitrogens is 2. The van der Waals surface area contributed by atoms with Crippen LogP contribution in [0.15, 0.2) is 23.4 Å². The minimum Gasteiger partial charge on any atom is -0.348 e. The molecule has 7 nitrogen and oxygen atoms in total. The van der Waals surface area contributed by atoms with Crippen molar-refractivity contribution >= 4 is 17.5 Å². The summed E-state index contributed by atoms with van der Waals surface area (Å²) < 4.78 is 0. The Morgan fingerprint density at radius 1 is 1.31 bits per heavy atom. The Morgan fingerprint density at radius 2 is 2.15 bits per heavy atom. The lowest BCUT2D eigenvalue weighted by Crippen LogP contribution is -2.47. The largest absolute Gasteiger partial charge is 0.348 e. The maximum absolute atomic E-state index is 13.0. The average molecular weight is 376 g/mol. The highest BCUT2D eigenvalue weighted by Crippen LogP contribution is 2.30. The molecule has 0 aliphatic carbocycles. The number of fused-ring (bicyclic) bond motifs is 4. The normalized spacial score (nSPS) is 23.2. The van der Waals surface area contributed by atoms with Crippen molar-refractivity contribution < 1.29 is 4.79 Å². The van der Waals surface area contributed by atoms with Gasteiger partial charge in [0.25, 0.3) is 11.5 Å². The van der Waals surface area contributed by atoms with Crippen molar-refractivity contribution in [2.75, 3.05) is 19.6 Å². The number of nitrogens with zero attached hydrogens (tertiary/aromatic N) is 3. The van der Waals surface area contributed by atoms with E-state index in [1.54, 1.807) is 6.33 Å². The highest BCUT2D eigenvalue weighted by molar-refractivity contribution is 6.30. The van der Waals surface area contributed by atoms with Crippen LogP contribution in [0.3, 0.4) is 0 Å². The number of imidazole rings is 1. The standard InChI is InChI=1S/C18H22ClN5O2/c1-11-16(22-10-21-11)9-23-6-12-2-3-14(8-23)24(7-12)18(26)13-4-15(19)17(25)20-5-13/h4-5,10,12,14H,2-3,6-9H2,1H3,(H,20,25)(H,21,22)/t12-,14+/m0/s1. The van der Waals surface area contributed by atoms with E-state index < -0.39 is 0 Å². The molecule has 2 aromatic rings. The molecule has 2 atom stereocenters. The lowest BCUT2D eigenvalue weighted by atomic mass is 9.94. The van der Waals surface area contributed by atoms with Gasteiger partial charge in [0.15, 0.2) is 0 Å². The summed E-state index contributed by atoms with van der Waals surface area (Å²) in [5.41, 5.74) is 2.23. The number of rotatable bonds is 3. The molecule has 0 aromatic carbocycles. The first-order valence-corrected chi connectivity index (χ1v) is 9.29. The van der Waals surface area contributed by atoms with E-state index in [1.165, 1.54) is 12.3 Å². The molecule has 0 spiro atoms. The molecule has 0 saturated carbocycles. The molecular weight excluding hydrogens is 354 g/mol. The predicted octanol–water partition coefficient (Wildman–Crippen LogP) is 1.80. The second-order valence-corrected chi connectivity index (χ2v) is 7.70. The van der Waals surface area contributed by atoms with E-state index in [4.69, 9.17) is 11.6 Å². The minimum atomic E-state index is -0.374. The Morgan fingerprint density at radius 3 is 2.88 bits per heavy atom. The molecule has 0 radical (unpaired) electrons. The van der Waals surface area contributed by atoms with Crippen LogP contribution in [0.4, 0.5) is 0 Å². The Bertz CT molecular complexity index is 876. The van der Waals surface area contributed by atoms with E-state index in [9.17, 15) is 9.59 Å². The quantitative estimate of drug-likeness (QED) is 0.856. The Balaban J connectivity index is 1.52. The van der Waals surface area contributed by atoms with E-state index in [0.717, 1.165) is 50.4 Å². The van der Waals surface area contributed by atoms with Crippen LogP contribution in [0.1, 0.15) is 34.6 Å². The molecule has 2 bridgehead atoms. The lowest BCUT2D eigenvalue weighted by Gasteiger charge is -2.36. The third kappa shape index (κ3) is 3.29. The van der Waals surface area contributed by atoms with E-state index >= 15 is 0 Å². The summed E-state index contributed by atoms with van der Waals surface area (Å²) in [6, 6.07) is 1.64. The van der Waals surface area contributed by atoms with Crippen LogP contribution >= 0.6 is 11.6 Å². The van der Waals surface area contributed by atoms with Crippen LogP contribution < -0.4 is 5.56 Å². The third-order valence-electron chi connectivity index (χ3n) is 5.46. The monoisotopic (exact) mass is 375 g/mol. The molecule has 5 rings (SSSR count). The summed E-state index contributed by atoms with van der Waals surface area (Å²) in [5, 5.41) is 0.0477. The molecule has 26 heavy (non-hydrogen) atoms. The van der Waals surface area contributed by atoms with Crippen LogP contribution in [-0.4, -0.2) is 56.3 Å². The maximum Gasteiger partial charge on any atom is 0.266 e. The fourth-order valence-corrected chi connectivity index (χ4v) is 4.23. The van der Waals surface area contributed by atoms with E-state index in [2.05, 4.69) is 19.9 Å². The molecule has 3 saturated heterocycles. The molecule has 2 N–H and O–H groups in total. The van der Waals surface area contributed by atoms with Gasteiger partial charge in [-0.25, -0.2) is 4.98 Å². The molecule has 8 heteroatoms. The topological polar surface area (TPSA) is 85.1 Å². The Labute approximate surface area is 156 Å². The number of aromatic nitrogens is 3. The summed E-state index contributed by atoms with van der Waals surface area (Å²) in [5.74, 6) is 0.394. The van der Waals surface area contributed by atoms with Gasteiger partial charge in [0.05, 0.1) is 17.6 Å². The summed E-state index contributed by atoms with van der Waals surface area (Å²) in [7, 11) is 0. The van der Waals surface area contributed by atoms with Gasteiger partial charge in [-0.2, -0.15) is 0 Å². The van der Waals surface area contributed by atoms with E-state index in [1.807, 2.05) is 11.8 Å². The summed E-state index contributed by atoms with van der Waals surface area (Å²) in [4.78, 5) is 38.9. The van der Waals surface area contributed by atoms with Gasteiger partial charge in [-0.05, 0) is 31.7 Å². The molecule has 1 amide bonds. The van der Waals surface area contributed by atoms with Crippen LogP contribution in [0.2, 0.25) is 5.02 Å². The summed E-state index contributed by atoms with van der Waals surface area (Å²) >= 11 is 5.89. The fraction of sp³-hybridized carbons (Fsp3) is 0.500. The van der Waals surface area contributed by atoms with Crippen molar-refractivity contribution in [1.29, 1.82) is 0 Å². The maximum atomic E-state index is 13.0. The second kappa shape index (κ2) is 6.89. The van der Waals surface area contributed by atoms with Crippen molar-refractivity contribution in [3.05, 3.63) is 50.9 Å². The smallest absolute Gasteiger partial charge is 0.266 e. The number of carbonyl (C=O) groups is 1. The van der Waals surface area contributed by atoms with Crippen molar-refractivity contribution in [3.63, 3.8) is 0 Å². The Hall–Kier alpha value is -2.12. The number of carbonyl (C=O) groups excluding carboxylic acids is 1. The van der Waals surface area contributed by atoms with E-state index in [-0.39, 0.29) is 22.5 Å². The zero-order valence-corrected chi connectivity index (χ0v) is 15.4. The van der Waals surface area contributed by atoms with Gasteiger partial charge in [0, 0.05) is 44.1 Å². The lowest BCUT2D eigenvalue weighted by molar-refractivity contribution is 0.0584. The first-order chi connectivity index (χ1) is 12.5. The first kappa shape index (κ1) is 17.3. The summed E-state index contributed by atoms with van der Waals surface area (Å²) in [6.45, 7) is 5.39. The highest BCUT2D eigenvalue weighted by Gasteiger charge is 2.37. The molecule has 3 fully saturated rings. The first-order valence-electron chi connectivity index (χ1n) is 8.91. The molecular formula is C18H22ClN5O2. The van der Waals surface area contributed by atoms with Gasteiger partial charge in [-0.3, -0.25) is 14.5 Å².